The Hall–Kier alpha value is -1.54. The molecule has 2 unspecified atom stereocenters. The average molecular weight is 302 g/mol. The van der Waals surface area contributed by atoms with Crippen LogP contribution in [-0.4, -0.2) is 30.7 Å². The molecule has 1 fully saturated rings. The Morgan fingerprint density at radius 3 is 2.35 bits per heavy atom. The predicted octanol–water partition coefficient (Wildman–Crippen LogP) is 2.01. The topological polar surface area (TPSA) is 80.5 Å². The molecule has 0 bridgehead atoms. The molecule has 1 aliphatic rings. The van der Waals surface area contributed by atoms with E-state index in [2.05, 4.69) is 0 Å². The molecule has 6 nitrogen and oxygen atoms in total. The molecule has 2 rings (SSSR count). The van der Waals surface area contributed by atoms with Gasteiger partial charge in [-0.2, -0.15) is 8.70 Å². The van der Waals surface area contributed by atoms with E-state index in [9.17, 15) is 22.9 Å². The lowest BCUT2D eigenvalue weighted by Crippen LogP contribution is -2.29. The van der Waals surface area contributed by atoms with Crippen LogP contribution < -0.4 is 0 Å². The summed E-state index contributed by atoms with van der Waals surface area (Å²) in [6, 6.07) is 3.12. The van der Waals surface area contributed by atoms with Crippen molar-refractivity contribution in [2.75, 3.05) is 13.1 Å². The molecule has 1 aromatic rings. The first-order valence-electron chi connectivity index (χ1n) is 6.18. The third-order valence-corrected chi connectivity index (χ3v) is 5.57. The van der Waals surface area contributed by atoms with Crippen LogP contribution >= 0.6 is 0 Å². The predicted molar refractivity (Wildman–Crippen MR) is 70.1 cm³/mol. The zero-order valence-corrected chi connectivity index (χ0v) is 11.9. The van der Waals surface area contributed by atoms with Gasteiger partial charge in [-0.3, -0.25) is 10.1 Å². The van der Waals surface area contributed by atoms with Crippen LogP contribution in [0.5, 0.6) is 0 Å². The van der Waals surface area contributed by atoms with E-state index in [0.29, 0.717) is 0 Å². The number of benzene rings is 1. The molecule has 0 aromatic heterocycles. The molecule has 0 saturated carbocycles. The molecule has 20 heavy (non-hydrogen) atoms. The van der Waals surface area contributed by atoms with Crippen LogP contribution in [0.3, 0.4) is 0 Å². The minimum Gasteiger partial charge on any atom is -0.258 e. The molecular weight excluding hydrogens is 287 g/mol. The maximum atomic E-state index is 13.5. The van der Waals surface area contributed by atoms with Crippen molar-refractivity contribution >= 4 is 15.7 Å². The lowest BCUT2D eigenvalue weighted by molar-refractivity contribution is -0.390. The van der Waals surface area contributed by atoms with E-state index in [1.165, 1.54) is 4.31 Å². The van der Waals surface area contributed by atoms with E-state index < -0.39 is 31.3 Å². The molecule has 110 valence electrons. The van der Waals surface area contributed by atoms with Gasteiger partial charge in [-0.15, -0.1) is 0 Å². The highest BCUT2D eigenvalue weighted by Gasteiger charge is 2.39. The Morgan fingerprint density at radius 2 is 1.85 bits per heavy atom. The van der Waals surface area contributed by atoms with Crippen LogP contribution in [0, 0.1) is 27.8 Å². The normalized spacial score (nSPS) is 23.9. The fraction of sp³-hybridized carbons (Fsp3) is 0.500. The zero-order valence-electron chi connectivity index (χ0n) is 11.1. The minimum atomic E-state index is -4.05. The van der Waals surface area contributed by atoms with Crippen LogP contribution in [-0.2, 0) is 10.0 Å². The minimum absolute atomic E-state index is 0.164. The Morgan fingerprint density at radius 1 is 1.30 bits per heavy atom. The smallest absolute Gasteiger partial charge is 0.258 e. The molecule has 1 heterocycles. The van der Waals surface area contributed by atoms with Gasteiger partial charge >= 0.3 is 5.69 Å². The molecule has 8 heteroatoms. The van der Waals surface area contributed by atoms with Crippen molar-refractivity contribution in [2.45, 2.75) is 18.7 Å². The summed E-state index contributed by atoms with van der Waals surface area (Å²) < 4.78 is 39.6. The van der Waals surface area contributed by atoms with E-state index in [0.717, 1.165) is 18.2 Å². The number of rotatable bonds is 3. The van der Waals surface area contributed by atoms with Crippen molar-refractivity contribution in [2.24, 2.45) is 11.8 Å². The number of nitrogens with zero attached hydrogens (tertiary/aromatic N) is 2. The van der Waals surface area contributed by atoms with Crippen LogP contribution in [0.4, 0.5) is 10.1 Å². The number of nitro benzene ring substituents is 1. The largest absolute Gasteiger partial charge is 0.324 e. The van der Waals surface area contributed by atoms with Gasteiger partial charge in [0.25, 0.3) is 0 Å². The van der Waals surface area contributed by atoms with Gasteiger partial charge in [0.05, 0.1) is 4.92 Å². The molecule has 1 aliphatic heterocycles. The first kappa shape index (κ1) is 14.9. The highest BCUT2D eigenvalue weighted by molar-refractivity contribution is 7.89. The number of hydrogen-bond acceptors (Lipinski definition) is 4. The molecule has 1 aromatic carbocycles. The maximum Gasteiger partial charge on any atom is 0.324 e. The first-order chi connectivity index (χ1) is 9.25. The second-order valence-electron chi connectivity index (χ2n) is 5.12. The SMILES string of the molecule is CC1CN(S(=O)(=O)c2cccc(F)c2[N+](=O)[O-])CC1C. The van der Waals surface area contributed by atoms with Gasteiger partial charge in [0.2, 0.25) is 15.8 Å². The Labute approximate surface area is 116 Å². The third-order valence-electron chi connectivity index (χ3n) is 3.70. The van der Waals surface area contributed by atoms with Crippen LogP contribution in [0.25, 0.3) is 0 Å². The fourth-order valence-electron chi connectivity index (χ4n) is 2.29. The van der Waals surface area contributed by atoms with Gasteiger partial charge in [0.1, 0.15) is 0 Å². The molecule has 0 radical (unpaired) electrons. The third kappa shape index (κ3) is 2.40. The Kier molecular flexibility index (Phi) is 3.79. The van der Waals surface area contributed by atoms with Crippen molar-refractivity contribution in [3.05, 3.63) is 34.1 Å². The maximum absolute atomic E-state index is 13.5. The zero-order chi connectivity index (χ0) is 15.1. The van der Waals surface area contributed by atoms with Gasteiger partial charge in [-0.05, 0) is 24.0 Å². The fourth-order valence-corrected chi connectivity index (χ4v) is 4.10. The number of nitro groups is 1. The monoisotopic (exact) mass is 302 g/mol. The number of halogens is 1. The second-order valence-corrected chi connectivity index (χ2v) is 7.03. The summed E-state index contributed by atoms with van der Waals surface area (Å²) in [7, 11) is -4.05. The summed E-state index contributed by atoms with van der Waals surface area (Å²) in [5.74, 6) is -0.814. The van der Waals surface area contributed by atoms with Crippen molar-refractivity contribution in [1.82, 2.24) is 4.31 Å². The first-order valence-corrected chi connectivity index (χ1v) is 7.62. The lowest BCUT2D eigenvalue weighted by Gasteiger charge is -2.16. The molecular formula is C12H15FN2O4S. The van der Waals surface area contributed by atoms with Crippen LogP contribution in [0.15, 0.2) is 23.1 Å². The summed E-state index contributed by atoms with van der Waals surface area (Å²) in [6.45, 7) is 4.41. The van der Waals surface area contributed by atoms with Gasteiger partial charge in [0, 0.05) is 13.1 Å². The summed E-state index contributed by atoms with van der Waals surface area (Å²) in [5, 5.41) is 10.9. The highest BCUT2D eigenvalue weighted by atomic mass is 32.2. The average Bonchev–Trinajstić information content (AvgIpc) is 2.69. The number of hydrogen-bond donors (Lipinski definition) is 0. The van der Waals surface area contributed by atoms with E-state index >= 15 is 0 Å². The molecule has 0 aliphatic carbocycles. The van der Waals surface area contributed by atoms with Crippen LogP contribution in [0.1, 0.15) is 13.8 Å². The molecule has 1 saturated heterocycles. The van der Waals surface area contributed by atoms with Gasteiger partial charge < -0.3 is 0 Å². The van der Waals surface area contributed by atoms with Crippen LogP contribution in [0.2, 0.25) is 0 Å². The number of sulfonamides is 1. The second kappa shape index (κ2) is 5.10. The molecule has 2 atom stereocenters. The van der Waals surface area contributed by atoms with Gasteiger partial charge in [-0.25, -0.2) is 8.42 Å². The quantitative estimate of drug-likeness (QED) is 0.632. The number of para-hydroxylation sites is 1. The summed E-state index contributed by atoms with van der Waals surface area (Å²) in [6.07, 6.45) is 0. The van der Waals surface area contributed by atoms with E-state index in [1.54, 1.807) is 0 Å². The molecule has 0 amide bonds. The standard InChI is InChI=1S/C12H15FN2O4S/c1-8-6-14(7-9(8)2)20(18,19)11-5-3-4-10(13)12(11)15(16)17/h3-5,8-9H,6-7H2,1-2H3. The van der Waals surface area contributed by atoms with Crippen molar-refractivity contribution < 1.29 is 17.7 Å². The molecule has 0 N–H and O–H groups in total. The lowest BCUT2D eigenvalue weighted by atomic mass is 10.0. The Balaban J connectivity index is 2.51. The van der Waals surface area contributed by atoms with Crippen molar-refractivity contribution in [3.63, 3.8) is 0 Å². The van der Waals surface area contributed by atoms with E-state index in [1.807, 2.05) is 13.8 Å². The summed E-state index contributed by atoms with van der Waals surface area (Å²) in [5.41, 5.74) is -0.986. The molecule has 0 spiro atoms. The summed E-state index contributed by atoms with van der Waals surface area (Å²) in [4.78, 5) is 9.34. The van der Waals surface area contributed by atoms with Crippen molar-refractivity contribution in [1.29, 1.82) is 0 Å². The van der Waals surface area contributed by atoms with Gasteiger partial charge in [0.15, 0.2) is 4.90 Å². The summed E-state index contributed by atoms with van der Waals surface area (Å²) >= 11 is 0. The van der Waals surface area contributed by atoms with E-state index in [4.69, 9.17) is 0 Å². The van der Waals surface area contributed by atoms with Crippen molar-refractivity contribution in [3.8, 4) is 0 Å². The Bertz CT molecular complexity index is 637. The highest BCUT2D eigenvalue weighted by Crippen LogP contribution is 2.33. The van der Waals surface area contributed by atoms with E-state index in [-0.39, 0.29) is 24.9 Å². The van der Waals surface area contributed by atoms with Gasteiger partial charge in [-0.1, -0.05) is 19.9 Å².